The van der Waals surface area contributed by atoms with Crippen molar-refractivity contribution in [2.24, 2.45) is 0 Å². The standard InChI is InChI=1S/C10H18O3S/c1-4-5-10(14-9(3)12)6-7-13-8(2)11/h10H,4-7H2,1-3H3/t10-/m0/s1. The third-order valence-electron chi connectivity index (χ3n) is 1.69. The number of carbonyl (C=O) groups excluding carboxylic acids is 2. The van der Waals surface area contributed by atoms with E-state index in [4.69, 9.17) is 4.74 Å². The van der Waals surface area contributed by atoms with Gasteiger partial charge in [-0.3, -0.25) is 9.59 Å². The lowest BCUT2D eigenvalue weighted by Crippen LogP contribution is -2.11. The van der Waals surface area contributed by atoms with Crippen molar-refractivity contribution in [1.29, 1.82) is 0 Å². The van der Waals surface area contributed by atoms with Crippen LogP contribution >= 0.6 is 11.8 Å². The molecule has 0 heterocycles. The molecule has 0 unspecified atom stereocenters. The number of esters is 1. The lowest BCUT2D eigenvalue weighted by atomic mass is 10.2. The molecular formula is C10H18O3S. The Morgan fingerprint density at radius 3 is 2.36 bits per heavy atom. The van der Waals surface area contributed by atoms with E-state index in [1.807, 2.05) is 0 Å². The van der Waals surface area contributed by atoms with Crippen LogP contribution in [0.15, 0.2) is 0 Å². The molecule has 0 aliphatic rings. The van der Waals surface area contributed by atoms with E-state index in [1.165, 1.54) is 18.7 Å². The fourth-order valence-corrected chi connectivity index (χ4v) is 2.19. The summed E-state index contributed by atoms with van der Waals surface area (Å²) in [6.07, 6.45) is 2.80. The molecule has 0 aromatic heterocycles. The first-order chi connectivity index (χ1) is 6.56. The summed E-state index contributed by atoms with van der Waals surface area (Å²) in [5.74, 6) is -0.256. The molecule has 0 N–H and O–H groups in total. The second-order valence-corrected chi connectivity index (χ2v) is 4.63. The highest BCUT2D eigenvalue weighted by Crippen LogP contribution is 2.20. The molecule has 0 aliphatic carbocycles. The molecule has 0 aliphatic heterocycles. The Morgan fingerprint density at radius 1 is 1.29 bits per heavy atom. The zero-order chi connectivity index (χ0) is 11.0. The molecule has 0 rings (SSSR count). The van der Waals surface area contributed by atoms with Crippen molar-refractivity contribution in [3.8, 4) is 0 Å². The van der Waals surface area contributed by atoms with E-state index >= 15 is 0 Å². The summed E-state index contributed by atoms with van der Waals surface area (Å²) in [5, 5.41) is 0.420. The first-order valence-corrected chi connectivity index (χ1v) is 5.74. The maximum Gasteiger partial charge on any atom is 0.302 e. The highest BCUT2D eigenvalue weighted by atomic mass is 32.2. The van der Waals surface area contributed by atoms with Crippen molar-refractivity contribution in [1.82, 2.24) is 0 Å². The molecule has 4 heteroatoms. The van der Waals surface area contributed by atoms with Gasteiger partial charge in [-0.1, -0.05) is 25.1 Å². The minimum atomic E-state index is -0.256. The average Bonchev–Trinajstić information content (AvgIpc) is 2.02. The molecule has 0 aromatic carbocycles. The van der Waals surface area contributed by atoms with Gasteiger partial charge in [0.05, 0.1) is 6.61 Å². The molecule has 0 radical (unpaired) electrons. The number of ether oxygens (including phenoxy) is 1. The number of carbonyl (C=O) groups is 2. The SMILES string of the molecule is CCC[C@@H](CCOC(C)=O)SC(C)=O. The summed E-state index contributed by atoms with van der Waals surface area (Å²) >= 11 is 1.35. The molecule has 0 bridgehead atoms. The van der Waals surface area contributed by atoms with E-state index in [0.29, 0.717) is 6.61 Å². The van der Waals surface area contributed by atoms with Gasteiger partial charge in [0.1, 0.15) is 0 Å². The first kappa shape index (κ1) is 13.5. The normalized spacial score (nSPS) is 12.2. The fourth-order valence-electron chi connectivity index (χ4n) is 1.15. The maximum absolute atomic E-state index is 10.9. The Morgan fingerprint density at radius 2 is 1.93 bits per heavy atom. The minimum absolute atomic E-state index is 0.131. The van der Waals surface area contributed by atoms with Gasteiger partial charge in [0.15, 0.2) is 5.12 Å². The van der Waals surface area contributed by atoms with Crippen LogP contribution < -0.4 is 0 Å². The van der Waals surface area contributed by atoms with E-state index < -0.39 is 0 Å². The number of hydrogen-bond donors (Lipinski definition) is 0. The molecule has 0 amide bonds. The van der Waals surface area contributed by atoms with Gasteiger partial charge >= 0.3 is 5.97 Å². The average molecular weight is 218 g/mol. The summed E-state index contributed by atoms with van der Waals surface area (Å²) in [6, 6.07) is 0. The van der Waals surface area contributed by atoms with Crippen molar-refractivity contribution in [2.45, 2.75) is 45.3 Å². The predicted molar refractivity (Wildman–Crippen MR) is 58.2 cm³/mol. The van der Waals surface area contributed by atoms with Crippen LogP contribution in [0.4, 0.5) is 0 Å². The van der Waals surface area contributed by atoms with E-state index in [2.05, 4.69) is 6.92 Å². The zero-order valence-electron chi connectivity index (χ0n) is 9.04. The van der Waals surface area contributed by atoms with E-state index in [9.17, 15) is 9.59 Å². The van der Waals surface area contributed by atoms with E-state index in [1.54, 1.807) is 6.92 Å². The van der Waals surface area contributed by atoms with Crippen molar-refractivity contribution in [2.75, 3.05) is 6.61 Å². The van der Waals surface area contributed by atoms with Crippen LogP contribution in [-0.4, -0.2) is 22.9 Å². The zero-order valence-corrected chi connectivity index (χ0v) is 9.86. The minimum Gasteiger partial charge on any atom is -0.466 e. The molecule has 0 aromatic rings. The second-order valence-electron chi connectivity index (χ2n) is 3.15. The van der Waals surface area contributed by atoms with Gasteiger partial charge in [-0.15, -0.1) is 0 Å². The van der Waals surface area contributed by atoms with Gasteiger partial charge in [-0.2, -0.15) is 0 Å². The Labute approximate surface area is 89.6 Å². The molecule has 0 saturated carbocycles. The van der Waals surface area contributed by atoms with Crippen LogP contribution in [0.3, 0.4) is 0 Å². The summed E-state index contributed by atoms with van der Waals surface area (Å²) in [6.45, 7) is 5.46. The number of rotatable bonds is 6. The lowest BCUT2D eigenvalue weighted by Gasteiger charge is -2.13. The highest BCUT2D eigenvalue weighted by molar-refractivity contribution is 8.14. The van der Waals surface area contributed by atoms with Gasteiger partial charge in [0.2, 0.25) is 0 Å². The summed E-state index contributed by atoms with van der Waals surface area (Å²) in [7, 11) is 0. The van der Waals surface area contributed by atoms with Crippen LogP contribution in [0, 0.1) is 0 Å². The quantitative estimate of drug-likeness (QED) is 0.642. The summed E-state index contributed by atoms with van der Waals surface area (Å²) in [5.41, 5.74) is 0. The lowest BCUT2D eigenvalue weighted by molar-refractivity contribution is -0.141. The molecule has 82 valence electrons. The monoisotopic (exact) mass is 218 g/mol. The maximum atomic E-state index is 10.9. The Balaban J connectivity index is 3.72. The van der Waals surface area contributed by atoms with Crippen molar-refractivity contribution in [3.63, 3.8) is 0 Å². The number of thioether (sulfide) groups is 1. The molecule has 14 heavy (non-hydrogen) atoms. The van der Waals surface area contributed by atoms with Crippen LogP contribution in [0.2, 0.25) is 0 Å². The molecule has 0 spiro atoms. The molecule has 0 fully saturated rings. The van der Waals surface area contributed by atoms with Crippen LogP contribution in [0.5, 0.6) is 0 Å². The predicted octanol–water partition coefficient (Wildman–Crippen LogP) is 2.39. The van der Waals surface area contributed by atoms with Crippen molar-refractivity contribution >= 4 is 22.8 Å². The molecule has 3 nitrogen and oxygen atoms in total. The largest absolute Gasteiger partial charge is 0.466 e. The van der Waals surface area contributed by atoms with Crippen LogP contribution in [-0.2, 0) is 14.3 Å². The third-order valence-corrected chi connectivity index (χ3v) is 2.83. The fraction of sp³-hybridized carbons (Fsp3) is 0.800. The Bertz CT molecular complexity index is 192. The highest BCUT2D eigenvalue weighted by Gasteiger charge is 2.11. The van der Waals surface area contributed by atoms with Crippen LogP contribution in [0.25, 0.3) is 0 Å². The second kappa shape index (κ2) is 7.85. The van der Waals surface area contributed by atoms with Gasteiger partial charge in [0.25, 0.3) is 0 Å². The molecule has 1 atom stereocenters. The van der Waals surface area contributed by atoms with Gasteiger partial charge in [-0.25, -0.2) is 0 Å². The van der Waals surface area contributed by atoms with Crippen molar-refractivity contribution in [3.05, 3.63) is 0 Å². The topological polar surface area (TPSA) is 43.4 Å². The van der Waals surface area contributed by atoms with Crippen molar-refractivity contribution < 1.29 is 14.3 Å². The van der Waals surface area contributed by atoms with Gasteiger partial charge in [0, 0.05) is 19.1 Å². The van der Waals surface area contributed by atoms with Gasteiger partial charge < -0.3 is 4.74 Å². The molecular weight excluding hydrogens is 200 g/mol. The smallest absolute Gasteiger partial charge is 0.302 e. The Hall–Kier alpha value is -0.510. The van der Waals surface area contributed by atoms with Gasteiger partial charge in [-0.05, 0) is 12.8 Å². The van der Waals surface area contributed by atoms with Crippen LogP contribution in [0.1, 0.15) is 40.0 Å². The first-order valence-electron chi connectivity index (χ1n) is 4.86. The van der Waals surface area contributed by atoms with E-state index in [0.717, 1.165) is 19.3 Å². The Kier molecular flexibility index (Phi) is 7.57. The van der Waals surface area contributed by atoms with E-state index in [-0.39, 0.29) is 16.3 Å². The summed E-state index contributed by atoms with van der Waals surface area (Å²) in [4.78, 5) is 21.4. The third kappa shape index (κ3) is 8.10. The number of hydrogen-bond acceptors (Lipinski definition) is 4. The molecule has 0 saturated heterocycles. The summed E-state index contributed by atoms with van der Waals surface area (Å²) < 4.78 is 4.84.